The van der Waals surface area contributed by atoms with E-state index >= 15 is 0 Å². The highest BCUT2D eigenvalue weighted by atomic mass is 35.5. The van der Waals surface area contributed by atoms with Crippen LogP contribution in [0, 0.1) is 6.92 Å². The first-order valence-electron chi connectivity index (χ1n) is 9.56. The van der Waals surface area contributed by atoms with E-state index in [1.54, 1.807) is 12.1 Å². The minimum atomic E-state index is -0.250. The minimum Gasteiger partial charge on any atom is -0.353 e. The third-order valence-corrected chi connectivity index (χ3v) is 5.15. The van der Waals surface area contributed by atoms with Gasteiger partial charge in [0.1, 0.15) is 0 Å². The average Bonchev–Trinajstić information content (AvgIpc) is 2.70. The van der Waals surface area contributed by atoms with Crippen molar-refractivity contribution in [3.63, 3.8) is 0 Å². The molecule has 2 aromatic carbocycles. The normalized spacial score (nSPS) is 11.9. The Labute approximate surface area is 172 Å². The molecule has 150 valence electrons. The molecule has 0 radical (unpaired) electrons. The fourth-order valence-electron chi connectivity index (χ4n) is 3.20. The van der Waals surface area contributed by atoms with Gasteiger partial charge in [-0.1, -0.05) is 61.8 Å². The molecule has 0 fully saturated rings. The molecule has 28 heavy (non-hydrogen) atoms. The van der Waals surface area contributed by atoms with Crippen LogP contribution in [0.3, 0.4) is 0 Å². The molecule has 0 heterocycles. The zero-order valence-electron chi connectivity index (χ0n) is 16.7. The van der Waals surface area contributed by atoms with Gasteiger partial charge in [0.15, 0.2) is 0 Å². The number of carbonyl (C=O) groups excluding carboxylic acids is 2. The summed E-state index contributed by atoms with van der Waals surface area (Å²) in [6, 6.07) is 15.0. The maximum Gasteiger partial charge on any atom is 0.251 e. The number of carbonyl (C=O) groups is 2. The molecule has 1 atom stereocenters. The fourth-order valence-corrected chi connectivity index (χ4v) is 3.46. The molecule has 1 unspecified atom stereocenters. The summed E-state index contributed by atoms with van der Waals surface area (Å²) in [4.78, 5) is 26.8. The smallest absolute Gasteiger partial charge is 0.251 e. The predicted octanol–water partition coefficient (Wildman–Crippen LogP) is 3.58. The van der Waals surface area contributed by atoms with E-state index in [-0.39, 0.29) is 24.4 Å². The molecule has 2 N–H and O–H groups in total. The Morgan fingerprint density at radius 3 is 2.29 bits per heavy atom. The number of nitrogens with one attached hydrogen (secondary N) is 2. The van der Waals surface area contributed by atoms with E-state index in [1.807, 2.05) is 43.3 Å². The lowest BCUT2D eigenvalue weighted by molar-refractivity contribution is -0.120. The second kappa shape index (κ2) is 10.8. The Bertz CT molecular complexity index is 806. The quantitative estimate of drug-likeness (QED) is 0.675. The largest absolute Gasteiger partial charge is 0.353 e. The summed E-state index contributed by atoms with van der Waals surface area (Å²) in [6.07, 6.45) is 0. The summed E-state index contributed by atoms with van der Waals surface area (Å²) in [5.74, 6) is -0.481. The second-order valence-corrected chi connectivity index (χ2v) is 6.97. The van der Waals surface area contributed by atoms with Crippen molar-refractivity contribution in [1.82, 2.24) is 15.5 Å². The SMILES string of the molecule is CCN(CC)C(CNC(=O)CNC(=O)c1ccccc1C)c1ccccc1Cl. The fraction of sp³-hybridized carbons (Fsp3) is 0.364. The third-order valence-electron chi connectivity index (χ3n) is 4.81. The number of benzene rings is 2. The van der Waals surface area contributed by atoms with Crippen LogP contribution in [0.5, 0.6) is 0 Å². The topological polar surface area (TPSA) is 61.4 Å². The molecule has 0 aliphatic heterocycles. The molecule has 0 saturated carbocycles. The van der Waals surface area contributed by atoms with Crippen molar-refractivity contribution in [3.8, 4) is 0 Å². The number of halogens is 1. The number of aryl methyl sites for hydroxylation is 1. The Kier molecular flexibility index (Phi) is 8.48. The van der Waals surface area contributed by atoms with Crippen molar-refractivity contribution in [3.05, 3.63) is 70.2 Å². The van der Waals surface area contributed by atoms with E-state index < -0.39 is 0 Å². The first kappa shape index (κ1) is 21.9. The summed E-state index contributed by atoms with van der Waals surface area (Å²) in [6.45, 7) is 8.06. The summed E-state index contributed by atoms with van der Waals surface area (Å²) in [5, 5.41) is 6.29. The van der Waals surface area contributed by atoms with Gasteiger partial charge in [0, 0.05) is 17.1 Å². The molecule has 0 aliphatic carbocycles. The minimum absolute atomic E-state index is 0.0280. The third kappa shape index (κ3) is 5.81. The van der Waals surface area contributed by atoms with Crippen molar-refractivity contribution in [2.45, 2.75) is 26.8 Å². The van der Waals surface area contributed by atoms with Crippen LogP contribution in [-0.4, -0.2) is 42.9 Å². The predicted molar refractivity (Wildman–Crippen MR) is 114 cm³/mol. The maximum atomic E-state index is 12.3. The van der Waals surface area contributed by atoms with Crippen molar-refractivity contribution >= 4 is 23.4 Å². The summed E-state index contributed by atoms with van der Waals surface area (Å²) < 4.78 is 0. The maximum absolute atomic E-state index is 12.3. The zero-order chi connectivity index (χ0) is 20.5. The van der Waals surface area contributed by atoms with E-state index in [1.165, 1.54) is 0 Å². The molecule has 0 aromatic heterocycles. The van der Waals surface area contributed by atoms with Crippen LogP contribution >= 0.6 is 11.6 Å². The standard InChI is InChI=1S/C22H28ClN3O2/c1-4-26(5-2)20(18-12-8-9-13-19(18)23)14-24-21(27)15-25-22(28)17-11-7-6-10-16(17)3/h6-13,20H,4-5,14-15H2,1-3H3,(H,24,27)(H,25,28). The molecule has 2 rings (SSSR count). The molecule has 2 amide bonds. The first-order valence-corrected chi connectivity index (χ1v) is 9.94. The van der Waals surface area contributed by atoms with Crippen LogP contribution in [0.2, 0.25) is 5.02 Å². The van der Waals surface area contributed by atoms with Crippen LogP contribution in [0.15, 0.2) is 48.5 Å². The van der Waals surface area contributed by atoms with Crippen LogP contribution in [0.1, 0.15) is 41.4 Å². The van der Waals surface area contributed by atoms with E-state index in [0.717, 1.165) is 24.2 Å². The molecule has 0 spiro atoms. The lowest BCUT2D eigenvalue weighted by atomic mass is 10.0. The molecule has 5 nitrogen and oxygen atoms in total. The number of likely N-dealkylation sites (N-methyl/N-ethyl adjacent to an activating group) is 1. The van der Waals surface area contributed by atoms with Crippen LogP contribution in [-0.2, 0) is 4.79 Å². The van der Waals surface area contributed by atoms with Crippen molar-refractivity contribution in [2.75, 3.05) is 26.2 Å². The lowest BCUT2D eigenvalue weighted by Gasteiger charge is -2.31. The van der Waals surface area contributed by atoms with Crippen LogP contribution < -0.4 is 10.6 Å². The van der Waals surface area contributed by atoms with Crippen molar-refractivity contribution in [1.29, 1.82) is 0 Å². The lowest BCUT2D eigenvalue weighted by Crippen LogP contribution is -2.42. The molecule has 2 aromatic rings. The van der Waals surface area contributed by atoms with Crippen LogP contribution in [0.4, 0.5) is 0 Å². The molecule has 0 bridgehead atoms. The Morgan fingerprint density at radius 1 is 1.00 bits per heavy atom. The van der Waals surface area contributed by atoms with Crippen molar-refractivity contribution in [2.24, 2.45) is 0 Å². The molecular weight excluding hydrogens is 374 g/mol. The number of hydrogen-bond acceptors (Lipinski definition) is 3. The van der Waals surface area contributed by atoms with Gasteiger partial charge in [-0.15, -0.1) is 0 Å². The molecule has 6 heteroatoms. The van der Waals surface area contributed by atoms with Gasteiger partial charge in [0.25, 0.3) is 5.91 Å². The molecule has 0 saturated heterocycles. The Morgan fingerprint density at radius 2 is 1.64 bits per heavy atom. The number of hydrogen-bond donors (Lipinski definition) is 2. The van der Waals surface area contributed by atoms with E-state index in [0.29, 0.717) is 17.1 Å². The number of amides is 2. The Hall–Kier alpha value is -2.37. The summed E-state index contributed by atoms with van der Waals surface area (Å²) >= 11 is 6.38. The van der Waals surface area contributed by atoms with Gasteiger partial charge in [0.05, 0.1) is 12.6 Å². The van der Waals surface area contributed by atoms with Gasteiger partial charge < -0.3 is 10.6 Å². The number of nitrogens with zero attached hydrogens (tertiary/aromatic N) is 1. The van der Waals surface area contributed by atoms with Gasteiger partial charge in [-0.25, -0.2) is 0 Å². The highest BCUT2D eigenvalue weighted by molar-refractivity contribution is 6.31. The number of rotatable bonds is 9. The molecule has 0 aliphatic rings. The zero-order valence-corrected chi connectivity index (χ0v) is 17.4. The monoisotopic (exact) mass is 401 g/mol. The second-order valence-electron chi connectivity index (χ2n) is 6.56. The van der Waals surface area contributed by atoms with Gasteiger partial charge in [0.2, 0.25) is 5.91 Å². The average molecular weight is 402 g/mol. The van der Waals surface area contributed by atoms with E-state index in [4.69, 9.17) is 11.6 Å². The summed E-state index contributed by atoms with van der Waals surface area (Å²) in [5.41, 5.74) is 2.44. The highest BCUT2D eigenvalue weighted by Crippen LogP contribution is 2.26. The Balaban J connectivity index is 1.97. The molecular formula is C22H28ClN3O2. The van der Waals surface area contributed by atoms with Gasteiger partial charge in [-0.2, -0.15) is 0 Å². The van der Waals surface area contributed by atoms with Gasteiger partial charge >= 0.3 is 0 Å². The highest BCUT2D eigenvalue weighted by Gasteiger charge is 2.21. The summed E-state index contributed by atoms with van der Waals surface area (Å²) in [7, 11) is 0. The first-order chi connectivity index (χ1) is 13.5. The van der Waals surface area contributed by atoms with Gasteiger partial charge in [-0.3, -0.25) is 14.5 Å². The van der Waals surface area contributed by atoms with Crippen molar-refractivity contribution < 1.29 is 9.59 Å². The van der Waals surface area contributed by atoms with Gasteiger partial charge in [-0.05, 0) is 43.3 Å². The van der Waals surface area contributed by atoms with Crippen LogP contribution in [0.25, 0.3) is 0 Å². The van der Waals surface area contributed by atoms with E-state index in [2.05, 4.69) is 29.4 Å². The van der Waals surface area contributed by atoms with E-state index in [9.17, 15) is 9.59 Å².